The molecule has 0 atom stereocenters. The molecule has 0 aliphatic rings. The van der Waals surface area contributed by atoms with E-state index in [0.717, 1.165) is 37.6 Å². The number of hydrogen-bond acceptors (Lipinski definition) is 2. The van der Waals surface area contributed by atoms with Gasteiger partial charge in [0.1, 0.15) is 11.2 Å². The summed E-state index contributed by atoms with van der Waals surface area (Å²) in [6.45, 7) is 0. The standard InChI is InChI=1S/C56H37NO/c1-3-14-48-40(10-1)12-7-17-50(48)42-24-22-38(23-25-42)39-26-32-45(33-27-39)57(46-34-28-43(29-35-46)51-18-8-13-41-11-2-4-15-49(41)51)47-36-30-44(31-37-47)52-19-9-20-54-53-16-5-6-21-55(53)58-56(52)54/h1-37H/i26D,27D,28D,29D,30D,31D,32D,33D,34D,35D,36D,37D. The lowest BCUT2D eigenvalue weighted by molar-refractivity contribution is 0.670. The third-order valence-corrected chi connectivity index (χ3v) is 10.5. The van der Waals surface area contributed by atoms with Crippen LogP contribution in [0.5, 0.6) is 0 Å². The zero-order valence-electron chi connectivity index (χ0n) is 42.8. The first-order valence-electron chi connectivity index (χ1n) is 24.9. The van der Waals surface area contributed by atoms with E-state index in [1.165, 1.54) is 0 Å². The highest BCUT2D eigenvalue weighted by Gasteiger charge is 2.16. The van der Waals surface area contributed by atoms with Gasteiger partial charge in [-0.25, -0.2) is 0 Å². The molecule has 0 amide bonds. The molecule has 58 heavy (non-hydrogen) atoms. The second kappa shape index (κ2) is 14.1. The van der Waals surface area contributed by atoms with Crippen LogP contribution in [-0.2, 0) is 0 Å². The molecule has 0 saturated carbocycles. The van der Waals surface area contributed by atoms with Crippen molar-refractivity contribution in [1.82, 2.24) is 0 Å². The molecule has 0 saturated heterocycles. The third kappa shape index (κ3) is 5.91. The molecule has 1 heterocycles. The van der Waals surface area contributed by atoms with Gasteiger partial charge >= 0.3 is 0 Å². The van der Waals surface area contributed by atoms with Crippen LogP contribution >= 0.6 is 0 Å². The summed E-state index contributed by atoms with van der Waals surface area (Å²) in [6.07, 6.45) is 0. The third-order valence-electron chi connectivity index (χ3n) is 10.5. The number of hydrogen-bond donors (Lipinski definition) is 0. The van der Waals surface area contributed by atoms with E-state index in [1.54, 1.807) is 54.6 Å². The molecule has 0 radical (unpaired) electrons. The van der Waals surface area contributed by atoms with Crippen molar-refractivity contribution in [2.45, 2.75) is 0 Å². The van der Waals surface area contributed by atoms with E-state index in [-0.39, 0.29) is 22.3 Å². The first-order chi connectivity index (χ1) is 33.8. The molecule has 2 heteroatoms. The summed E-state index contributed by atoms with van der Waals surface area (Å²) in [4.78, 5) is 0.841. The Morgan fingerprint density at radius 2 is 0.724 bits per heavy atom. The average Bonchev–Trinajstić information content (AvgIpc) is 3.77. The van der Waals surface area contributed by atoms with Crippen molar-refractivity contribution < 1.29 is 20.9 Å². The number of fused-ring (bicyclic) bond motifs is 5. The van der Waals surface area contributed by atoms with Crippen molar-refractivity contribution in [3.63, 3.8) is 0 Å². The summed E-state index contributed by atoms with van der Waals surface area (Å²) in [6, 6.07) is 38.7. The fourth-order valence-electron chi connectivity index (χ4n) is 7.68. The number of nitrogens with zero attached hydrogens (tertiary/aromatic N) is 1. The Bertz CT molecular complexity index is 3900. The van der Waals surface area contributed by atoms with E-state index in [1.807, 2.05) is 97.1 Å². The maximum absolute atomic E-state index is 9.65. The highest BCUT2D eigenvalue weighted by Crippen LogP contribution is 2.41. The lowest BCUT2D eigenvalue weighted by Gasteiger charge is -2.26. The average molecular weight is 752 g/mol. The first-order valence-corrected chi connectivity index (χ1v) is 18.9. The number of furan rings is 1. The van der Waals surface area contributed by atoms with Gasteiger partial charge in [-0.2, -0.15) is 0 Å². The molecule has 0 bridgehead atoms. The summed E-state index contributed by atoms with van der Waals surface area (Å²) >= 11 is 0. The van der Waals surface area contributed by atoms with Crippen molar-refractivity contribution in [3.05, 3.63) is 224 Å². The summed E-state index contributed by atoms with van der Waals surface area (Å²) in [5.74, 6) is 0. The Hall–Kier alpha value is -7.68. The van der Waals surface area contributed by atoms with Gasteiger partial charge in [-0.05, 0) is 103 Å². The molecule has 0 spiro atoms. The normalized spacial score (nSPS) is 14.3. The fraction of sp³-hybridized carbons (Fsp3) is 0. The Morgan fingerprint density at radius 3 is 1.33 bits per heavy atom. The molecule has 0 unspecified atom stereocenters. The first kappa shape index (κ1) is 23.4. The Morgan fingerprint density at radius 1 is 0.310 bits per heavy atom. The summed E-state index contributed by atoms with van der Waals surface area (Å²) in [7, 11) is 0. The van der Waals surface area contributed by atoms with Crippen molar-refractivity contribution in [1.29, 1.82) is 0 Å². The van der Waals surface area contributed by atoms with Gasteiger partial charge < -0.3 is 9.32 Å². The van der Waals surface area contributed by atoms with Crippen molar-refractivity contribution in [2.24, 2.45) is 0 Å². The van der Waals surface area contributed by atoms with E-state index in [4.69, 9.17) is 4.42 Å². The zero-order chi connectivity index (χ0) is 48.9. The summed E-state index contributed by atoms with van der Waals surface area (Å²) < 4.78 is 121. The maximum atomic E-state index is 9.65. The predicted molar refractivity (Wildman–Crippen MR) is 245 cm³/mol. The van der Waals surface area contributed by atoms with Gasteiger partial charge in [0, 0.05) is 33.4 Å². The van der Waals surface area contributed by atoms with E-state index in [0.29, 0.717) is 33.1 Å². The largest absolute Gasteiger partial charge is 0.455 e. The maximum Gasteiger partial charge on any atom is 0.143 e. The van der Waals surface area contributed by atoms with E-state index in [2.05, 4.69) is 0 Å². The minimum Gasteiger partial charge on any atom is -0.455 e. The van der Waals surface area contributed by atoms with Gasteiger partial charge in [-0.1, -0.05) is 182 Å². The van der Waals surface area contributed by atoms with Crippen LogP contribution in [0.1, 0.15) is 16.4 Å². The van der Waals surface area contributed by atoms with Crippen molar-refractivity contribution in [2.75, 3.05) is 4.90 Å². The van der Waals surface area contributed by atoms with Gasteiger partial charge in [0.15, 0.2) is 0 Å². The highest BCUT2D eigenvalue weighted by molar-refractivity contribution is 6.09. The summed E-state index contributed by atoms with van der Waals surface area (Å²) in [5, 5.41) is 4.98. The smallest absolute Gasteiger partial charge is 0.143 e. The van der Waals surface area contributed by atoms with Crippen LogP contribution in [-0.4, -0.2) is 0 Å². The molecular formula is C56H37NO. The van der Waals surface area contributed by atoms with Crippen LogP contribution in [0.25, 0.3) is 88.0 Å². The second-order valence-electron chi connectivity index (χ2n) is 13.9. The minimum atomic E-state index is -0.705. The van der Waals surface area contributed by atoms with Crippen molar-refractivity contribution in [3.8, 4) is 44.5 Å². The Labute approximate surface area is 354 Å². The van der Waals surface area contributed by atoms with Gasteiger partial charge in [0.2, 0.25) is 0 Å². The molecule has 0 N–H and O–H groups in total. The lowest BCUT2D eigenvalue weighted by Crippen LogP contribution is -2.09. The number of rotatable bonds is 7. The Balaban J connectivity index is 1.15. The monoisotopic (exact) mass is 751 g/mol. The molecule has 11 aromatic rings. The van der Waals surface area contributed by atoms with Crippen LogP contribution < -0.4 is 4.90 Å². The molecule has 11 rings (SSSR count). The topological polar surface area (TPSA) is 16.4 Å². The molecular weight excluding hydrogens is 703 g/mol. The number of anilines is 3. The molecule has 0 aliphatic heterocycles. The van der Waals surface area contributed by atoms with E-state index < -0.39 is 89.6 Å². The van der Waals surface area contributed by atoms with Gasteiger partial charge in [0.25, 0.3) is 0 Å². The highest BCUT2D eigenvalue weighted by atomic mass is 16.3. The molecule has 1 aromatic heterocycles. The Kier molecular flexibility index (Phi) is 5.70. The molecule has 272 valence electrons. The molecule has 10 aromatic carbocycles. The van der Waals surface area contributed by atoms with Crippen molar-refractivity contribution >= 4 is 60.5 Å². The lowest BCUT2D eigenvalue weighted by atomic mass is 9.96. The van der Waals surface area contributed by atoms with Gasteiger partial charge in [0.05, 0.1) is 16.4 Å². The van der Waals surface area contributed by atoms with Crippen LogP contribution in [0.4, 0.5) is 17.1 Å². The fourth-order valence-corrected chi connectivity index (χ4v) is 7.68. The molecule has 2 nitrogen and oxygen atoms in total. The van der Waals surface area contributed by atoms with Crippen LogP contribution in [0, 0.1) is 0 Å². The quantitative estimate of drug-likeness (QED) is 0.161. The van der Waals surface area contributed by atoms with Crippen LogP contribution in [0.2, 0.25) is 0 Å². The van der Waals surface area contributed by atoms with Crippen LogP contribution in [0.3, 0.4) is 0 Å². The SMILES string of the molecule is [2H]c1c([2H])c(N(c2c([2H])c([2H])c(-c3cccc4ccccc34)c([2H])c2[2H])c2c([2H])c([2H])c(-c3cccc4c3oc3ccccc34)c([2H])c2[2H])c([2H])c([2H])c1-c1ccc(-c2cccc3ccccc23)cc1. The van der Waals surface area contributed by atoms with E-state index >= 15 is 0 Å². The zero-order valence-corrected chi connectivity index (χ0v) is 30.8. The van der Waals surface area contributed by atoms with Gasteiger partial charge in [-0.15, -0.1) is 0 Å². The van der Waals surface area contributed by atoms with E-state index in [9.17, 15) is 16.4 Å². The molecule has 0 fully saturated rings. The number of para-hydroxylation sites is 2. The van der Waals surface area contributed by atoms with Crippen LogP contribution in [0.15, 0.2) is 229 Å². The minimum absolute atomic E-state index is 0.0498. The number of benzene rings is 10. The predicted octanol–water partition coefficient (Wildman–Crippen LogP) is 16.0. The molecule has 0 aliphatic carbocycles. The van der Waals surface area contributed by atoms with Gasteiger partial charge in [-0.3, -0.25) is 0 Å². The summed E-state index contributed by atoms with van der Waals surface area (Å²) in [5.41, 5.74) is 1.65. The second-order valence-corrected chi connectivity index (χ2v) is 13.9.